The van der Waals surface area contributed by atoms with Gasteiger partial charge in [-0.3, -0.25) is 9.59 Å². The lowest BCUT2D eigenvalue weighted by Crippen LogP contribution is -2.33. The molecule has 1 atom stereocenters. The van der Waals surface area contributed by atoms with Crippen molar-refractivity contribution in [3.63, 3.8) is 0 Å². The van der Waals surface area contributed by atoms with Gasteiger partial charge in [-0.25, -0.2) is 0 Å². The van der Waals surface area contributed by atoms with Crippen LogP contribution >= 0.6 is 0 Å². The van der Waals surface area contributed by atoms with E-state index in [9.17, 15) is 14.7 Å². The fraction of sp³-hybridized carbons (Fsp3) is 0.120. The summed E-state index contributed by atoms with van der Waals surface area (Å²) in [4.78, 5) is 24.8. The Morgan fingerprint density at radius 3 is 2.10 bits per heavy atom. The second kappa shape index (κ2) is 8.66. The maximum Gasteiger partial charge on any atom is 0.261 e. The number of hydrogen-bond donors (Lipinski definition) is 3. The molecule has 0 spiro atoms. The number of hydrogen-bond acceptors (Lipinski definition) is 3. The topological polar surface area (TPSA) is 78.4 Å². The molecule has 0 radical (unpaired) electrons. The summed E-state index contributed by atoms with van der Waals surface area (Å²) in [6.07, 6.45) is 0.427. The Labute approximate surface area is 175 Å². The smallest absolute Gasteiger partial charge is 0.261 e. The van der Waals surface area contributed by atoms with E-state index >= 15 is 0 Å². The van der Waals surface area contributed by atoms with Crippen LogP contribution in [0.25, 0.3) is 11.1 Å². The Bertz CT molecular complexity index is 1070. The van der Waals surface area contributed by atoms with Gasteiger partial charge in [-0.05, 0) is 28.7 Å². The quantitative estimate of drug-likeness (QED) is 0.556. The molecule has 0 saturated heterocycles. The lowest BCUT2D eigenvalue weighted by molar-refractivity contribution is -0.123. The minimum atomic E-state index is -0.592. The number of aliphatic hydroxyl groups excluding tert-OH is 1. The average Bonchev–Trinajstić information content (AvgIpc) is 3.06. The van der Waals surface area contributed by atoms with Crippen LogP contribution < -0.4 is 10.6 Å². The minimum absolute atomic E-state index is 0.208. The normalized spacial score (nSPS) is 15.7. The number of amides is 2. The summed E-state index contributed by atoms with van der Waals surface area (Å²) in [5, 5.41) is 15.9. The van der Waals surface area contributed by atoms with Crippen LogP contribution in [0.15, 0.2) is 96.3 Å². The van der Waals surface area contributed by atoms with E-state index in [4.69, 9.17) is 0 Å². The number of nitrogens with one attached hydrogen (secondary N) is 2. The van der Waals surface area contributed by atoms with Gasteiger partial charge in [0.2, 0.25) is 0 Å². The molecule has 1 aliphatic heterocycles. The molecule has 1 aliphatic rings. The van der Waals surface area contributed by atoms with Crippen LogP contribution in [0.2, 0.25) is 0 Å². The third-order valence-electron chi connectivity index (χ3n) is 5.14. The highest BCUT2D eigenvalue weighted by Crippen LogP contribution is 2.21. The van der Waals surface area contributed by atoms with Crippen LogP contribution in [0.4, 0.5) is 0 Å². The molecule has 5 nitrogen and oxygen atoms in total. The van der Waals surface area contributed by atoms with Gasteiger partial charge in [0.05, 0.1) is 6.04 Å². The molecule has 0 fully saturated rings. The Hall–Kier alpha value is -3.86. The van der Waals surface area contributed by atoms with Crippen molar-refractivity contribution in [1.29, 1.82) is 0 Å². The van der Waals surface area contributed by atoms with Gasteiger partial charge in [0.25, 0.3) is 11.8 Å². The van der Waals surface area contributed by atoms with Crippen LogP contribution in [0.1, 0.15) is 11.1 Å². The molecule has 0 aliphatic carbocycles. The average molecular weight is 398 g/mol. The lowest BCUT2D eigenvalue weighted by Gasteiger charge is -2.10. The molecule has 3 aromatic carbocycles. The molecular formula is C25H22N2O3. The zero-order valence-corrected chi connectivity index (χ0v) is 16.3. The first-order valence-corrected chi connectivity index (χ1v) is 9.82. The van der Waals surface area contributed by atoms with Crippen LogP contribution in [0, 0.1) is 0 Å². The molecule has 150 valence electrons. The highest BCUT2D eigenvalue weighted by atomic mass is 16.3. The predicted octanol–water partition coefficient (Wildman–Crippen LogP) is 3.52. The third-order valence-corrected chi connectivity index (χ3v) is 5.14. The fourth-order valence-corrected chi connectivity index (χ4v) is 3.52. The van der Waals surface area contributed by atoms with Crippen LogP contribution in [-0.4, -0.2) is 23.0 Å². The Morgan fingerprint density at radius 1 is 0.833 bits per heavy atom. The first-order valence-electron chi connectivity index (χ1n) is 9.82. The van der Waals surface area contributed by atoms with Gasteiger partial charge in [0.15, 0.2) is 0 Å². The van der Waals surface area contributed by atoms with E-state index < -0.39 is 17.9 Å². The Kier molecular flexibility index (Phi) is 5.61. The molecule has 2 amide bonds. The van der Waals surface area contributed by atoms with E-state index in [1.807, 2.05) is 84.9 Å². The van der Waals surface area contributed by atoms with Crippen LogP contribution in [0.5, 0.6) is 0 Å². The number of carbonyl (C=O) groups excluding carboxylic acids is 2. The summed E-state index contributed by atoms with van der Waals surface area (Å²) in [6.45, 7) is 0.265. The predicted molar refractivity (Wildman–Crippen MR) is 115 cm³/mol. The number of rotatable bonds is 6. The van der Waals surface area contributed by atoms with E-state index in [0.717, 1.165) is 22.3 Å². The summed E-state index contributed by atoms with van der Waals surface area (Å²) in [5.41, 5.74) is 3.87. The van der Waals surface area contributed by atoms with Crippen molar-refractivity contribution in [2.24, 2.45) is 0 Å². The van der Waals surface area contributed by atoms with Crippen molar-refractivity contribution < 1.29 is 14.7 Å². The molecule has 3 N–H and O–H groups in total. The second-order valence-corrected chi connectivity index (χ2v) is 7.22. The molecule has 30 heavy (non-hydrogen) atoms. The summed E-state index contributed by atoms with van der Waals surface area (Å²) in [6, 6.07) is 26.8. The van der Waals surface area contributed by atoms with E-state index in [2.05, 4.69) is 10.6 Å². The van der Waals surface area contributed by atoms with Gasteiger partial charge < -0.3 is 15.7 Å². The highest BCUT2D eigenvalue weighted by Gasteiger charge is 2.35. The van der Waals surface area contributed by atoms with Gasteiger partial charge in [-0.15, -0.1) is 0 Å². The van der Waals surface area contributed by atoms with Crippen LogP contribution in [-0.2, 0) is 22.6 Å². The molecule has 0 bridgehead atoms. The zero-order valence-electron chi connectivity index (χ0n) is 16.3. The molecule has 1 heterocycles. The standard InChI is InChI=1S/C25H22N2O3/c28-23-21(15-17-7-3-1-4-8-17)27-25(30)22(23)24(29)26-16-18-11-13-20(14-12-18)19-9-5-2-6-10-19/h1-14,21,28H,15-16H2,(H,26,29)(H,27,30). The van der Waals surface area contributed by atoms with Gasteiger partial charge in [-0.1, -0.05) is 84.9 Å². The molecule has 3 aromatic rings. The van der Waals surface area contributed by atoms with Crippen molar-refractivity contribution in [1.82, 2.24) is 10.6 Å². The molecule has 1 unspecified atom stereocenters. The van der Waals surface area contributed by atoms with Crippen molar-refractivity contribution in [2.75, 3.05) is 0 Å². The summed E-state index contributed by atoms with van der Waals surface area (Å²) in [5.74, 6) is -1.33. The van der Waals surface area contributed by atoms with Gasteiger partial charge in [-0.2, -0.15) is 0 Å². The molecule has 4 rings (SSSR count). The summed E-state index contributed by atoms with van der Waals surface area (Å²) >= 11 is 0. The maximum atomic E-state index is 12.5. The number of carbonyl (C=O) groups is 2. The van der Waals surface area contributed by atoms with Crippen molar-refractivity contribution in [3.8, 4) is 11.1 Å². The second-order valence-electron chi connectivity index (χ2n) is 7.22. The molecule has 0 saturated carbocycles. The zero-order chi connectivity index (χ0) is 20.9. The minimum Gasteiger partial charge on any atom is -0.509 e. The monoisotopic (exact) mass is 398 g/mol. The van der Waals surface area contributed by atoms with Gasteiger partial charge in [0, 0.05) is 6.54 Å². The van der Waals surface area contributed by atoms with Gasteiger partial charge in [0.1, 0.15) is 11.3 Å². The maximum absolute atomic E-state index is 12.5. The highest BCUT2D eigenvalue weighted by molar-refractivity contribution is 6.20. The summed E-state index contributed by atoms with van der Waals surface area (Å²) in [7, 11) is 0. The first-order chi connectivity index (χ1) is 14.6. The number of benzene rings is 3. The molecular weight excluding hydrogens is 376 g/mol. The number of aliphatic hydroxyl groups is 1. The Morgan fingerprint density at radius 2 is 1.43 bits per heavy atom. The molecule has 0 aromatic heterocycles. The van der Waals surface area contributed by atoms with Crippen molar-refractivity contribution >= 4 is 11.8 Å². The lowest BCUT2D eigenvalue weighted by atomic mass is 10.0. The van der Waals surface area contributed by atoms with E-state index in [-0.39, 0.29) is 17.9 Å². The third kappa shape index (κ3) is 4.25. The molecule has 5 heteroatoms. The SMILES string of the molecule is O=C(NCc1ccc(-c2ccccc2)cc1)C1=C(O)C(Cc2ccccc2)NC1=O. The first kappa shape index (κ1) is 19.5. The van der Waals surface area contributed by atoms with E-state index in [0.29, 0.717) is 6.42 Å². The fourth-order valence-electron chi connectivity index (χ4n) is 3.52. The van der Waals surface area contributed by atoms with E-state index in [1.54, 1.807) is 0 Å². The summed E-state index contributed by atoms with van der Waals surface area (Å²) < 4.78 is 0. The van der Waals surface area contributed by atoms with Gasteiger partial charge >= 0.3 is 0 Å². The van der Waals surface area contributed by atoms with E-state index in [1.165, 1.54) is 0 Å². The van der Waals surface area contributed by atoms with Crippen molar-refractivity contribution in [3.05, 3.63) is 107 Å². The van der Waals surface area contributed by atoms with Crippen LogP contribution in [0.3, 0.4) is 0 Å². The largest absolute Gasteiger partial charge is 0.509 e. The Balaban J connectivity index is 1.40. The van der Waals surface area contributed by atoms with Crippen molar-refractivity contribution in [2.45, 2.75) is 19.0 Å².